The monoisotopic (exact) mass is 225 g/mol. The molecule has 88 valence electrons. The van der Waals surface area contributed by atoms with Gasteiger partial charge in [-0.2, -0.15) is 0 Å². The Bertz CT molecular complexity index is 404. The van der Waals surface area contributed by atoms with Crippen molar-refractivity contribution in [1.82, 2.24) is 15.1 Å². The van der Waals surface area contributed by atoms with Gasteiger partial charge in [-0.15, -0.1) is 10.2 Å². The van der Waals surface area contributed by atoms with E-state index in [-0.39, 0.29) is 0 Å². The standard InChI is InChI=1S/C10H15N3O3/c1-7-11-12-8(16-7)6-13-5-3-4-10(13,2)9(14)15/h3-6H2,1-2H3,(H,14,15). The Morgan fingerprint density at radius 1 is 1.62 bits per heavy atom. The lowest BCUT2D eigenvalue weighted by molar-refractivity contribution is -0.149. The fraction of sp³-hybridized carbons (Fsp3) is 0.700. The minimum Gasteiger partial charge on any atom is -0.480 e. The van der Waals surface area contributed by atoms with Crippen LogP contribution < -0.4 is 0 Å². The van der Waals surface area contributed by atoms with Gasteiger partial charge in [-0.1, -0.05) is 0 Å². The van der Waals surface area contributed by atoms with Gasteiger partial charge < -0.3 is 9.52 Å². The van der Waals surface area contributed by atoms with Crippen LogP contribution in [0.5, 0.6) is 0 Å². The van der Waals surface area contributed by atoms with Crippen LogP contribution >= 0.6 is 0 Å². The number of aliphatic carboxylic acids is 1. The van der Waals surface area contributed by atoms with E-state index in [0.29, 0.717) is 24.7 Å². The van der Waals surface area contributed by atoms with E-state index in [2.05, 4.69) is 10.2 Å². The summed E-state index contributed by atoms with van der Waals surface area (Å²) in [5.41, 5.74) is -0.803. The van der Waals surface area contributed by atoms with Crippen molar-refractivity contribution < 1.29 is 14.3 Å². The van der Waals surface area contributed by atoms with Gasteiger partial charge in [0.15, 0.2) is 0 Å². The van der Waals surface area contributed by atoms with Crippen LogP contribution in [0.15, 0.2) is 4.42 Å². The molecule has 0 amide bonds. The van der Waals surface area contributed by atoms with Crippen LogP contribution in [-0.2, 0) is 11.3 Å². The summed E-state index contributed by atoms with van der Waals surface area (Å²) in [5.74, 6) is 0.194. The highest BCUT2D eigenvalue weighted by Gasteiger charge is 2.43. The topological polar surface area (TPSA) is 79.5 Å². The molecule has 1 aliphatic heterocycles. The van der Waals surface area contributed by atoms with E-state index < -0.39 is 11.5 Å². The first-order valence-electron chi connectivity index (χ1n) is 5.30. The number of hydrogen-bond donors (Lipinski definition) is 1. The molecule has 6 heteroatoms. The predicted octanol–water partition coefficient (Wildman–Crippen LogP) is 0.817. The first-order valence-corrected chi connectivity index (χ1v) is 5.30. The van der Waals surface area contributed by atoms with E-state index in [1.54, 1.807) is 13.8 Å². The Morgan fingerprint density at radius 3 is 2.94 bits per heavy atom. The van der Waals surface area contributed by atoms with Crippen molar-refractivity contribution in [3.63, 3.8) is 0 Å². The third kappa shape index (κ3) is 1.80. The molecule has 0 spiro atoms. The summed E-state index contributed by atoms with van der Waals surface area (Å²) in [6.45, 7) is 4.62. The molecule has 1 atom stereocenters. The van der Waals surface area contributed by atoms with Crippen LogP contribution in [0.4, 0.5) is 0 Å². The van der Waals surface area contributed by atoms with E-state index in [0.717, 1.165) is 13.0 Å². The molecule has 1 unspecified atom stereocenters. The van der Waals surface area contributed by atoms with Crippen LogP contribution in [0, 0.1) is 6.92 Å². The normalized spacial score (nSPS) is 26.1. The van der Waals surface area contributed by atoms with E-state index >= 15 is 0 Å². The van der Waals surface area contributed by atoms with Crippen molar-refractivity contribution in [2.75, 3.05) is 6.54 Å². The van der Waals surface area contributed by atoms with Gasteiger partial charge in [0, 0.05) is 6.92 Å². The molecule has 2 rings (SSSR count). The third-order valence-electron chi connectivity index (χ3n) is 3.14. The first-order chi connectivity index (χ1) is 7.52. The van der Waals surface area contributed by atoms with Gasteiger partial charge in [0.1, 0.15) is 5.54 Å². The van der Waals surface area contributed by atoms with Crippen molar-refractivity contribution in [3.8, 4) is 0 Å². The van der Waals surface area contributed by atoms with Gasteiger partial charge >= 0.3 is 5.97 Å². The van der Waals surface area contributed by atoms with Crippen molar-refractivity contribution >= 4 is 5.97 Å². The summed E-state index contributed by atoms with van der Waals surface area (Å²) in [7, 11) is 0. The zero-order valence-corrected chi connectivity index (χ0v) is 9.43. The number of aromatic nitrogens is 2. The molecule has 0 aliphatic carbocycles. The average molecular weight is 225 g/mol. The van der Waals surface area contributed by atoms with E-state index in [9.17, 15) is 9.90 Å². The molecule has 1 aromatic rings. The van der Waals surface area contributed by atoms with E-state index in [1.807, 2.05) is 4.90 Å². The summed E-state index contributed by atoms with van der Waals surface area (Å²) in [4.78, 5) is 13.1. The Balaban J connectivity index is 2.12. The quantitative estimate of drug-likeness (QED) is 0.820. The molecule has 6 nitrogen and oxygen atoms in total. The van der Waals surface area contributed by atoms with E-state index in [1.165, 1.54) is 0 Å². The van der Waals surface area contributed by atoms with Gasteiger partial charge in [-0.25, -0.2) is 0 Å². The summed E-state index contributed by atoms with van der Waals surface area (Å²) in [6.07, 6.45) is 1.55. The van der Waals surface area contributed by atoms with Crippen LogP contribution in [0.2, 0.25) is 0 Å². The van der Waals surface area contributed by atoms with Crippen molar-refractivity contribution in [2.45, 2.75) is 38.8 Å². The zero-order chi connectivity index (χ0) is 11.8. The molecule has 1 fully saturated rings. The fourth-order valence-corrected chi connectivity index (χ4v) is 2.08. The molecule has 1 saturated heterocycles. The number of rotatable bonds is 3. The van der Waals surface area contributed by atoms with Crippen LogP contribution in [0.25, 0.3) is 0 Å². The maximum atomic E-state index is 11.2. The Morgan fingerprint density at radius 2 is 2.38 bits per heavy atom. The second-order valence-corrected chi connectivity index (χ2v) is 4.32. The average Bonchev–Trinajstić information content (AvgIpc) is 2.76. The molecular weight excluding hydrogens is 210 g/mol. The maximum absolute atomic E-state index is 11.2. The summed E-state index contributed by atoms with van der Waals surface area (Å²) in [6, 6.07) is 0. The molecule has 1 N–H and O–H groups in total. The third-order valence-corrected chi connectivity index (χ3v) is 3.14. The summed E-state index contributed by atoms with van der Waals surface area (Å²) >= 11 is 0. The molecule has 0 radical (unpaired) electrons. The van der Waals surface area contributed by atoms with Crippen molar-refractivity contribution in [2.24, 2.45) is 0 Å². The fourth-order valence-electron chi connectivity index (χ4n) is 2.08. The van der Waals surface area contributed by atoms with Gasteiger partial charge in [-0.3, -0.25) is 9.69 Å². The van der Waals surface area contributed by atoms with Crippen LogP contribution in [0.1, 0.15) is 31.5 Å². The Hall–Kier alpha value is -1.43. The van der Waals surface area contributed by atoms with Gasteiger partial charge in [0.2, 0.25) is 11.8 Å². The molecule has 1 aliphatic rings. The lowest BCUT2D eigenvalue weighted by atomic mass is 9.99. The number of nitrogens with zero attached hydrogens (tertiary/aromatic N) is 3. The molecule has 0 saturated carbocycles. The SMILES string of the molecule is Cc1nnc(CN2CCCC2(C)C(=O)O)o1. The van der Waals surface area contributed by atoms with E-state index in [4.69, 9.17) is 4.42 Å². The van der Waals surface area contributed by atoms with Crippen molar-refractivity contribution in [1.29, 1.82) is 0 Å². The van der Waals surface area contributed by atoms with Gasteiger partial charge in [0.25, 0.3) is 0 Å². The summed E-state index contributed by atoms with van der Waals surface area (Å²) in [5, 5.41) is 16.8. The second kappa shape index (κ2) is 3.86. The number of aryl methyl sites for hydroxylation is 1. The summed E-state index contributed by atoms with van der Waals surface area (Å²) < 4.78 is 5.26. The molecule has 0 aromatic carbocycles. The first kappa shape index (κ1) is 11.1. The minimum atomic E-state index is -0.803. The lowest BCUT2D eigenvalue weighted by Gasteiger charge is -2.29. The lowest BCUT2D eigenvalue weighted by Crippen LogP contribution is -2.47. The molecule has 0 bridgehead atoms. The number of likely N-dealkylation sites (tertiary alicyclic amines) is 1. The zero-order valence-electron chi connectivity index (χ0n) is 9.43. The van der Waals surface area contributed by atoms with Crippen molar-refractivity contribution in [3.05, 3.63) is 11.8 Å². The number of carboxylic acids is 1. The van der Waals surface area contributed by atoms with Gasteiger partial charge in [0.05, 0.1) is 6.54 Å². The highest BCUT2D eigenvalue weighted by atomic mass is 16.4. The number of carbonyl (C=O) groups is 1. The molecule has 2 heterocycles. The van der Waals surface area contributed by atoms with Crippen LogP contribution in [0.3, 0.4) is 0 Å². The minimum absolute atomic E-state index is 0.406. The number of hydrogen-bond acceptors (Lipinski definition) is 5. The predicted molar refractivity (Wildman–Crippen MR) is 54.7 cm³/mol. The largest absolute Gasteiger partial charge is 0.480 e. The molecule has 1 aromatic heterocycles. The van der Waals surface area contributed by atoms with Crippen LogP contribution in [-0.4, -0.2) is 38.3 Å². The second-order valence-electron chi connectivity index (χ2n) is 4.32. The number of carboxylic acid groups (broad SMARTS) is 1. The molecule has 16 heavy (non-hydrogen) atoms. The highest BCUT2D eigenvalue weighted by Crippen LogP contribution is 2.30. The highest BCUT2D eigenvalue weighted by molar-refractivity contribution is 5.78. The van der Waals surface area contributed by atoms with Gasteiger partial charge in [-0.05, 0) is 26.3 Å². The Kier molecular flexibility index (Phi) is 2.67. The smallest absolute Gasteiger partial charge is 0.323 e. The Labute approximate surface area is 93.3 Å². The molecular formula is C10H15N3O3. The maximum Gasteiger partial charge on any atom is 0.323 e.